The van der Waals surface area contributed by atoms with E-state index in [1.165, 1.54) is 12.8 Å². The van der Waals surface area contributed by atoms with Crippen LogP contribution in [0.15, 0.2) is 35.1 Å². The van der Waals surface area contributed by atoms with Gasteiger partial charge in [-0.25, -0.2) is 0 Å². The summed E-state index contributed by atoms with van der Waals surface area (Å²) in [5.74, 6) is 0.567. The zero-order valence-corrected chi connectivity index (χ0v) is 13.9. The summed E-state index contributed by atoms with van der Waals surface area (Å²) in [5, 5.41) is 4.01. The quantitative estimate of drug-likeness (QED) is 0.867. The minimum absolute atomic E-state index is 0.0170. The molecule has 6 heteroatoms. The molecule has 0 unspecified atom stereocenters. The number of carbonyl (C=O) groups is 1. The molecule has 0 N–H and O–H groups in total. The van der Waals surface area contributed by atoms with Crippen LogP contribution in [-0.2, 0) is 0 Å². The Hall–Kier alpha value is -2.21. The van der Waals surface area contributed by atoms with Crippen molar-refractivity contribution in [2.24, 2.45) is 0 Å². The standard InChI is InChI=1S/C18H22N4O2/c1-21-9-3-6-15(21)16-7-4-10-22(16)18(23)14-11-17(24-20-14)13-5-2-8-19-12-13/h2,5,8,11-12,15-16H,3-4,6-7,9-10H2,1H3/t15-,16-/m1/s1. The second-order valence-electron chi connectivity index (χ2n) is 6.72. The molecular formula is C18H22N4O2. The average Bonchev–Trinajstić information content (AvgIpc) is 3.35. The van der Waals surface area contributed by atoms with Crippen LogP contribution in [0.3, 0.4) is 0 Å². The van der Waals surface area contributed by atoms with E-state index in [0.717, 1.165) is 31.5 Å². The molecule has 0 spiro atoms. The van der Waals surface area contributed by atoms with E-state index in [4.69, 9.17) is 4.52 Å². The molecule has 4 rings (SSSR count). The fraction of sp³-hybridized carbons (Fsp3) is 0.500. The molecule has 0 aliphatic carbocycles. The van der Waals surface area contributed by atoms with Gasteiger partial charge >= 0.3 is 0 Å². The Morgan fingerprint density at radius 1 is 1.25 bits per heavy atom. The average molecular weight is 326 g/mol. The van der Waals surface area contributed by atoms with Gasteiger partial charge in [-0.15, -0.1) is 0 Å². The summed E-state index contributed by atoms with van der Waals surface area (Å²) in [6.07, 6.45) is 7.95. The first kappa shape index (κ1) is 15.3. The van der Waals surface area contributed by atoms with Crippen molar-refractivity contribution >= 4 is 5.91 Å². The molecule has 4 heterocycles. The van der Waals surface area contributed by atoms with Crippen LogP contribution in [0.4, 0.5) is 0 Å². The van der Waals surface area contributed by atoms with E-state index in [9.17, 15) is 4.79 Å². The van der Waals surface area contributed by atoms with Gasteiger partial charge in [-0.3, -0.25) is 9.78 Å². The summed E-state index contributed by atoms with van der Waals surface area (Å²) >= 11 is 0. The maximum absolute atomic E-state index is 12.9. The Bertz CT molecular complexity index is 715. The third-order valence-corrected chi connectivity index (χ3v) is 5.26. The second-order valence-corrected chi connectivity index (χ2v) is 6.72. The molecule has 126 valence electrons. The van der Waals surface area contributed by atoms with Gasteiger partial charge in [0.25, 0.3) is 5.91 Å². The molecular weight excluding hydrogens is 304 g/mol. The Kier molecular flexibility index (Phi) is 4.06. The maximum atomic E-state index is 12.9. The molecule has 2 aliphatic heterocycles. The Labute approximate surface area is 141 Å². The van der Waals surface area contributed by atoms with Crippen LogP contribution in [0.5, 0.6) is 0 Å². The molecule has 2 fully saturated rings. The third kappa shape index (κ3) is 2.71. The smallest absolute Gasteiger partial charge is 0.276 e. The predicted molar refractivity (Wildman–Crippen MR) is 89.4 cm³/mol. The first-order valence-electron chi connectivity index (χ1n) is 8.62. The summed E-state index contributed by atoms with van der Waals surface area (Å²) < 4.78 is 5.37. The van der Waals surface area contributed by atoms with Crippen molar-refractivity contribution in [3.05, 3.63) is 36.3 Å². The molecule has 2 aliphatic rings. The maximum Gasteiger partial charge on any atom is 0.276 e. The number of nitrogens with zero attached hydrogens (tertiary/aromatic N) is 4. The van der Waals surface area contributed by atoms with E-state index < -0.39 is 0 Å². The van der Waals surface area contributed by atoms with Crippen LogP contribution in [0.1, 0.15) is 36.2 Å². The van der Waals surface area contributed by atoms with Crippen molar-refractivity contribution in [1.29, 1.82) is 0 Å². The van der Waals surface area contributed by atoms with Crippen LogP contribution >= 0.6 is 0 Å². The summed E-state index contributed by atoms with van der Waals surface area (Å²) in [6, 6.07) is 6.23. The van der Waals surface area contributed by atoms with Gasteiger partial charge in [-0.2, -0.15) is 0 Å². The Balaban J connectivity index is 1.54. The van der Waals surface area contributed by atoms with Crippen molar-refractivity contribution < 1.29 is 9.32 Å². The number of carbonyl (C=O) groups excluding carboxylic acids is 1. The molecule has 0 saturated carbocycles. The van der Waals surface area contributed by atoms with Crippen LogP contribution in [0, 0.1) is 0 Å². The lowest BCUT2D eigenvalue weighted by Crippen LogP contribution is -2.47. The van der Waals surface area contributed by atoms with Gasteiger partial charge < -0.3 is 14.3 Å². The molecule has 24 heavy (non-hydrogen) atoms. The van der Waals surface area contributed by atoms with Gasteiger partial charge in [0.2, 0.25) is 0 Å². The Morgan fingerprint density at radius 2 is 2.08 bits per heavy atom. The van der Waals surface area contributed by atoms with Crippen molar-refractivity contribution in [2.45, 2.75) is 37.8 Å². The summed E-state index contributed by atoms with van der Waals surface area (Å²) in [4.78, 5) is 21.4. The number of rotatable bonds is 3. The number of likely N-dealkylation sites (N-methyl/N-ethyl adjacent to an activating group) is 1. The number of hydrogen-bond acceptors (Lipinski definition) is 5. The Morgan fingerprint density at radius 3 is 2.83 bits per heavy atom. The van der Waals surface area contributed by atoms with E-state index in [0.29, 0.717) is 23.5 Å². The van der Waals surface area contributed by atoms with Crippen LogP contribution in [0.25, 0.3) is 11.3 Å². The molecule has 0 aromatic carbocycles. The summed E-state index contributed by atoms with van der Waals surface area (Å²) in [6.45, 7) is 1.93. The van der Waals surface area contributed by atoms with Gasteiger partial charge in [0.05, 0.1) is 0 Å². The molecule has 2 saturated heterocycles. The van der Waals surface area contributed by atoms with Gasteiger partial charge in [0.15, 0.2) is 11.5 Å². The first-order chi connectivity index (χ1) is 11.7. The highest BCUT2D eigenvalue weighted by molar-refractivity contribution is 5.93. The van der Waals surface area contributed by atoms with E-state index in [-0.39, 0.29) is 5.91 Å². The first-order valence-corrected chi connectivity index (χ1v) is 8.62. The molecule has 0 radical (unpaired) electrons. The molecule has 2 aromatic heterocycles. The third-order valence-electron chi connectivity index (χ3n) is 5.26. The highest BCUT2D eigenvalue weighted by atomic mass is 16.5. The minimum Gasteiger partial charge on any atom is -0.355 e. The van der Waals surface area contributed by atoms with Crippen LogP contribution in [0.2, 0.25) is 0 Å². The summed E-state index contributed by atoms with van der Waals surface area (Å²) in [7, 11) is 2.16. The van der Waals surface area contributed by atoms with E-state index in [2.05, 4.69) is 22.1 Å². The van der Waals surface area contributed by atoms with E-state index in [1.807, 2.05) is 17.0 Å². The molecule has 1 amide bonds. The fourth-order valence-corrected chi connectivity index (χ4v) is 4.03. The van der Waals surface area contributed by atoms with Gasteiger partial charge in [0, 0.05) is 42.7 Å². The van der Waals surface area contributed by atoms with Crippen molar-refractivity contribution in [1.82, 2.24) is 19.9 Å². The topological polar surface area (TPSA) is 62.5 Å². The number of hydrogen-bond donors (Lipinski definition) is 0. The van der Waals surface area contributed by atoms with Crippen molar-refractivity contribution in [3.63, 3.8) is 0 Å². The highest BCUT2D eigenvalue weighted by Crippen LogP contribution is 2.30. The zero-order chi connectivity index (χ0) is 16.5. The minimum atomic E-state index is -0.0170. The normalized spacial score (nSPS) is 24.6. The molecule has 2 aromatic rings. The lowest BCUT2D eigenvalue weighted by atomic mass is 10.0. The number of pyridine rings is 1. The van der Waals surface area contributed by atoms with Crippen LogP contribution < -0.4 is 0 Å². The van der Waals surface area contributed by atoms with Crippen molar-refractivity contribution in [2.75, 3.05) is 20.1 Å². The molecule has 0 bridgehead atoms. The highest BCUT2D eigenvalue weighted by Gasteiger charge is 2.39. The SMILES string of the molecule is CN1CCC[C@@H]1[C@H]1CCCN1C(=O)c1cc(-c2cccnc2)on1. The van der Waals surface area contributed by atoms with Gasteiger partial charge in [-0.05, 0) is 51.4 Å². The predicted octanol–water partition coefficient (Wildman–Crippen LogP) is 2.44. The molecule has 6 nitrogen and oxygen atoms in total. The number of aromatic nitrogens is 2. The van der Waals surface area contributed by atoms with E-state index in [1.54, 1.807) is 18.5 Å². The van der Waals surface area contributed by atoms with Gasteiger partial charge in [-0.1, -0.05) is 5.16 Å². The largest absolute Gasteiger partial charge is 0.355 e. The number of amides is 1. The lowest BCUT2D eigenvalue weighted by Gasteiger charge is -2.32. The lowest BCUT2D eigenvalue weighted by molar-refractivity contribution is 0.0654. The monoisotopic (exact) mass is 326 g/mol. The van der Waals surface area contributed by atoms with Crippen LogP contribution in [-0.4, -0.2) is 58.1 Å². The summed E-state index contributed by atoms with van der Waals surface area (Å²) in [5.41, 5.74) is 1.22. The second kappa shape index (κ2) is 6.36. The van der Waals surface area contributed by atoms with Gasteiger partial charge in [0.1, 0.15) is 0 Å². The van der Waals surface area contributed by atoms with Crippen molar-refractivity contribution in [3.8, 4) is 11.3 Å². The van der Waals surface area contributed by atoms with E-state index >= 15 is 0 Å². The zero-order valence-electron chi connectivity index (χ0n) is 13.9. The number of likely N-dealkylation sites (tertiary alicyclic amines) is 2. The fourth-order valence-electron chi connectivity index (χ4n) is 4.03. The molecule has 2 atom stereocenters.